The van der Waals surface area contributed by atoms with Crippen LogP contribution >= 0.6 is 0 Å². The van der Waals surface area contributed by atoms with Gasteiger partial charge in [-0.2, -0.15) is 0 Å². The molecule has 1 aliphatic carbocycles. The number of H-pyrrole nitrogens is 1. The summed E-state index contributed by atoms with van der Waals surface area (Å²) in [5, 5.41) is 25.1. The lowest BCUT2D eigenvalue weighted by molar-refractivity contribution is -0.384. The molecule has 1 saturated heterocycles. The lowest BCUT2D eigenvalue weighted by Gasteiger charge is -2.40. The Morgan fingerprint density at radius 2 is 1.77 bits per heavy atom. The second-order valence-corrected chi connectivity index (χ2v) is 10.6. The number of hydrogen-bond acceptors (Lipinski definition) is 8. The van der Waals surface area contributed by atoms with Crippen LogP contribution in [0.15, 0.2) is 53.3 Å². The number of para-hydroxylation sites is 1. The molecule has 39 heavy (non-hydrogen) atoms. The fourth-order valence-corrected chi connectivity index (χ4v) is 6.09. The van der Waals surface area contributed by atoms with Crippen molar-refractivity contribution in [1.82, 2.24) is 30.1 Å². The second kappa shape index (κ2) is 10.6. The number of anilines is 1. The van der Waals surface area contributed by atoms with Gasteiger partial charge in [-0.1, -0.05) is 37.5 Å². The number of aromatic nitrogens is 5. The van der Waals surface area contributed by atoms with Crippen LogP contribution in [0.2, 0.25) is 0 Å². The number of tetrazole rings is 1. The van der Waals surface area contributed by atoms with E-state index in [2.05, 4.69) is 30.3 Å². The molecule has 202 valence electrons. The number of aromatic amines is 1. The van der Waals surface area contributed by atoms with E-state index >= 15 is 0 Å². The molecule has 11 heteroatoms. The van der Waals surface area contributed by atoms with Gasteiger partial charge in [-0.25, -0.2) is 4.68 Å². The molecule has 0 unspecified atom stereocenters. The summed E-state index contributed by atoms with van der Waals surface area (Å²) < 4.78 is 1.96. The van der Waals surface area contributed by atoms with E-state index in [4.69, 9.17) is 0 Å². The normalized spacial score (nSPS) is 17.9. The zero-order chi connectivity index (χ0) is 26.9. The van der Waals surface area contributed by atoms with E-state index in [1.54, 1.807) is 24.3 Å². The van der Waals surface area contributed by atoms with Gasteiger partial charge in [0.2, 0.25) is 0 Å². The predicted molar refractivity (Wildman–Crippen MR) is 148 cm³/mol. The fraction of sp³-hybridized carbons (Fsp3) is 0.429. The molecule has 11 nitrogen and oxygen atoms in total. The van der Waals surface area contributed by atoms with Gasteiger partial charge in [-0.3, -0.25) is 19.8 Å². The molecule has 2 aromatic carbocycles. The number of piperazine rings is 1. The quantitative estimate of drug-likeness (QED) is 0.292. The van der Waals surface area contributed by atoms with Crippen molar-refractivity contribution in [2.75, 3.05) is 31.1 Å². The van der Waals surface area contributed by atoms with E-state index < -0.39 is 6.04 Å². The van der Waals surface area contributed by atoms with Crippen molar-refractivity contribution in [3.63, 3.8) is 0 Å². The van der Waals surface area contributed by atoms with E-state index in [0.717, 1.165) is 47.8 Å². The lowest BCUT2D eigenvalue weighted by atomic mass is 9.95. The van der Waals surface area contributed by atoms with Gasteiger partial charge in [-0.15, -0.1) is 5.10 Å². The van der Waals surface area contributed by atoms with E-state index in [0.29, 0.717) is 37.6 Å². The zero-order valence-electron chi connectivity index (χ0n) is 22.0. The van der Waals surface area contributed by atoms with Crippen LogP contribution in [0.3, 0.4) is 0 Å². The minimum Gasteiger partial charge on any atom is -0.369 e. The molecular weight excluding hydrogens is 496 g/mol. The van der Waals surface area contributed by atoms with Crippen molar-refractivity contribution < 1.29 is 4.92 Å². The second-order valence-electron chi connectivity index (χ2n) is 10.6. The largest absolute Gasteiger partial charge is 0.369 e. The maximum atomic E-state index is 13.6. The van der Waals surface area contributed by atoms with Crippen LogP contribution in [0.4, 0.5) is 11.4 Å². The Morgan fingerprint density at radius 3 is 2.49 bits per heavy atom. The monoisotopic (exact) mass is 528 g/mol. The number of hydrogen-bond donors (Lipinski definition) is 1. The van der Waals surface area contributed by atoms with Crippen LogP contribution in [-0.2, 0) is 0 Å². The molecule has 1 N–H and O–H groups in total. The van der Waals surface area contributed by atoms with Crippen LogP contribution in [0.5, 0.6) is 0 Å². The maximum Gasteiger partial charge on any atom is 0.269 e. The molecule has 0 spiro atoms. The van der Waals surface area contributed by atoms with Crippen LogP contribution in [0.1, 0.15) is 61.1 Å². The number of benzene rings is 2. The number of fused-ring (bicyclic) bond motifs is 1. The van der Waals surface area contributed by atoms with E-state index in [1.165, 1.54) is 6.42 Å². The average molecular weight is 529 g/mol. The first-order valence-corrected chi connectivity index (χ1v) is 13.6. The number of nitro benzene ring substituents is 1. The Kier molecular flexibility index (Phi) is 6.82. The first kappa shape index (κ1) is 25.2. The number of non-ortho nitro benzene ring substituents is 1. The first-order valence-electron chi connectivity index (χ1n) is 13.6. The maximum absolute atomic E-state index is 13.6. The number of nitrogens with zero attached hydrogens (tertiary/aromatic N) is 7. The van der Waals surface area contributed by atoms with E-state index in [1.807, 2.05) is 35.9 Å². The molecule has 1 aliphatic heterocycles. The van der Waals surface area contributed by atoms with Crippen LogP contribution in [0, 0.1) is 17.0 Å². The third-order valence-corrected chi connectivity index (χ3v) is 8.20. The highest BCUT2D eigenvalue weighted by atomic mass is 16.6. The molecule has 3 heterocycles. The van der Waals surface area contributed by atoms with Crippen molar-refractivity contribution in [2.45, 2.75) is 51.1 Å². The third-order valence-electron chi connectivity index (χ3n) is 8.20. The van der Waals surface area contributed by atoms with Gasteiger partial charge >= 0.3 is 0 Å². The SMILES string of the molecule is Cc1cccc2cc([C@H](c3nnnn3C3CCCCC3)N3CCN(c4ccc([N+](=O)[O-])cc4)CC3)c(=O)[nH]c12. The Bertz CT molecular complexity index is 1530. The number of nitro groups is 1. The van der Waals surface area contributed by atoms with Gasteiger partial charge in [0.15, 0.2) is 5.82 Å². The smallest absolute Gasteiger partial charge is 0.269 e. The predicted octanol–water partition coefficient (Wildman–Crippen LogP) is 4.15. The highest BCUT2D eigenvalue weighted by Crippen LogP contribution is 2.34. The Balaban J connectivity index is 1.35. The summed E-state index contributed by atoms with van der Waals surface area (Å²) in [5.74, 6) is 0.711. The Hall–Kier alpha value is -4.12. The molecule has 0 radical (unpaired) electrons. The van der Waals surface area contributed by atoms with Gasteiger partial charge in [0.25, 0.3) is 11.2 Å². The van der Waals surface area contributed by atoms with Crippen molar-refractivity contribution in [3.05, 3.63) is 86.0 Å². The first-order chi connectivity index (χ1) is 19.0. The van der Waals surface area contributed by atoms with Crippen LogP contribution in [-0.4, -0.2) is 61.2 Å². The summed E-state index contributed by atoms with van der Waals surface area (Å²) in [7, 11) is 0. The van der Waals surface area contributed by atoms with Gasteiger partial charge in [0.1, 0.15) is 6.04 Å². The highest BCUT2D eigenvalue weighted by Gasteiger charge is 2.34. The molecule has 2 fully saturated rings. The molecular formula is C28H32N8O3. The average Bonchev–Trinajstić information content (AvgIpc) is 3.44. The minimum absolute atomic E-state index is 0.0813. The van der Waals surface area contributed by atoms with E-state index in [-0.39, 0.29) is 22.2 Å². The third kappa shape index (κ3) is 4.89. The highest BCUT2D eigenvalue weighted by molar-refractivity contribution is 5.82. The number of pyridine rings is 1. The van der Waals surface area contributed by atoms with E-state index in [9.17, 15) is 14.9 Å². The molecule has 0 amide bonds. The van der Waals surface area contributed by atoms with Gasteiger partial charge < -0.3 is 9.88 Å². The molecule has 6 rings (SSSR count). The molecule has 1 saturated carbocycles. The topological polar surface area (TPSA) is 126 Å². The zero-order valence-corrected chi connectivity index (χ0v) is 22.0. The van der Waals surface area contributed by atoms with Crippen LogP contribution in [0.25, 0.3) is 10.9 Å². The van der Waals surface area contributed by atoms with Crippen molar-refractivity contribution in [1.29, 1.82) is 0 Å². The van der Waals surface area contributed by atoms with Crippen molar-refractivity contribution >= 4 is 22.3 Å². The summed E-state index contributed by atoms with van der Waals surface area (Å²) in [4.78, 5) is 31.9. The summed E-state index contributed by atoms with van der Waals surface area (Å²) in [6.07, 6.45) is 5.60. The summed E-state index contributed by atoms with van der Waals surface area (Å²) >= 11 is 0. The van der Waals surface area contributed by atoms with Crippen molar-refractivity contribution in [2.24, 2.45) is 0 Å². The standard InChI is InChI=1S/C28H32N8O3/c1-19-6-5-7-20-18-24(28(37)29-25(19)20)26(27-30-31-32-35(27)22-8-3-2-4-9-22)34-16-14-33(15-17-34)21-10-12-23(13-11-21)36(38)39/h5-7,10-13,18,22,26H,2-4,8-9,14-17H2,1H3,(H,29,37)/t26-/m1/s1. The summed E-state index contributed by atoms with van der Waals surface area (Å²) in [6, 6.07) is 14.5. The molecule has 2 aliphatic rings. The lowest BCUT2D eigenvalue weighted by Crippen LogP contribution is -2.49. The van der Waals surface area contributed by atoms with Gasteiger partial charge in [-0.05, 0) is 59.3 Å². The number of nitrogens with one attached hydrogen (secondary N) is 1. The number of rotatable bonds is 6. The Labute approximate surface area is 225 Å². The molecule has 2 aromatic heterocycles. The molecule has 0 bridgehead atoms. The van der Waals surface area contributed by atoms with Crippen LogP contribution < -0.4 is 10.5 Å². The van der Waals surface area contributed by atoms with Gasteiger partial charge in [0, 0.05) is 49.6 Å². The Morgan fingerprint density at radius 1 is 1.03 bits per heavy atom. The summed E-state index contributed by atoms with van der Waals surface area (Å²) in [5.41, 5.74) is 3.42. The molecule has 1 atom stereocenters. The van der Waals surface area contributed by atoms with Gasteiger partial charge in [0.05, 0.1) is 16.5 Å². The minimum atomic E-state index is -0.394. The molecule has 4 aromatic rings. The number of aryl methyl sites for hydroxylation is 1. The van der Waals surface area contributed by atoms with Crippen molar-refractivity contribution in [3.8, 4) is 0 Å². The summed E-state index contributed by atoms with van der Waals surface area (Å²) in [6.45, 7) is 4.79. The fourth-order valence-electron chi connectivity index (χ4n) is 6.09.